The van der Waals surface area contributed by atoms with E-state index in [9.17, 15) is 8.42 Å². The molecule has 0 spiro atoms. The molecule has 0 radical (unpaired) electrons. The number of nitrogens with two attached hydrogens (primary N) is 1. The Hall–Kier alpha value is -0.780. The van der Waals surface area contributed by atoms with E-state index >= 15 is 0 Å². The molecule has 1 aromatic rings. The Morgan fingerprint density at radius 2 is 2.11 bits per heavy atom. The Labute approximate surface area is 113 Å². The van der Waals surface area contributed by atoms with Crippen molar-refractivity contribution < 1.29 is 13.2 Å². The molecule has 1 rings (SSSR count). The average Bonchev–Trinajstić information content (AvgIpc) is 2.32. The second kappa shape index (κ2) is 6.97. The first-order valence-electron chi connectivity index (χ1n) is 5.80. The fraction of sp³-hybridized carbons (Fsp3) is 0.500. The number of ether oxygens (including phenoxy) is 1. The Kier molecular flexibility index (Phi) is 5.91. The summed E-state index contributed by atoms with van der Waals surface area (Å²) in [6.45, 7) is 2.29. The molecule has 18 heavy (non-hydrogen) atoms. The molecular weight excluding hydrogens is 274 g/mol. The monoisotopic (exact) mass is 291 g/mol. The molecule has 0 aliphatic rings. The molecule has 1 aromatic carbocycles. The lowest BCUT2D eigenvalue weighted by atomic mass is 10.1. The Morgan fingerprint density at radius 3 is 2.67 bits per heavy atom. The van der Waals surface area contributed by atoms with E-state index in [2.05, 4.69) is 0 Å². The molecule has 0 saturated carbocycles. The van der Waals surface area contributed by atoms with Gasteiger partial charge in [-0.3, -0.25) is 0 Å². The van der Waals surface area contributed by atoms with Crippen molar-refractivity contribution >= 4 is 21.4 Å². The lowest BCUT2D eigenvalue weighted by Gasteiger charge is -2.09. The number of sulfone groups is 1. The zero-order chi connectivity index (χ0) is 13.6. The van der Waals surface area contributed by atoms with Crippen molar-refractivity contribution in [2.24, 2.45) is 5.73 Å². The van der Waals surface area contributed by atoms with Crippen molar-refractivity contribution in [3.63, 3.8) is 0 Å². The summed E-state index contributed by atoms with van der Waals surface area (Å²) in [6, 6.07) is 5.41. The maximum absolute atomic E-state index is 11.3. The van der Waals surface area contributed by atoms with Gasteiger partial charge < -0.3 is 10.5 Å². The van der Waals surface area contributed by atoms with E-state index in [4.69, 9.17) is 22.1 Å². The number of rotatable bonds is 7. The van der Waals surface area contributed by atoms with Crippen LogP contribution in [0, 0.1) is 0 Å². The third kappa shape index (κ3) is 4.84. The van der Waals surface area contributed by atoms with Gasteiger partial charge in [-0.25, -0.2) is 8.42 Å². The van der Waals surface area contributed by atoms with Gasteiger partial charge >= 0.3 is 0 Å². The van der Waals surface area contributed by atoms with Gasteiger partial charge in [0.2, 0.25) is 0 Å². The molecule has 0 bridgehead atoms. The summed E-state index contributed by atoms with van der Waals surface area (Å²) < 4.78 is 27.9. The zero-order valence-corrected chi connectivity index (χ0v) is 11.9. The zero-order valence-electron chi connectivity index (χ0n) is 10.4. The third-order valence-electron chi connectivity index (χ3n) is 2.52. The van der Waals surface area contributed by atoms with Crippen molar-refractivity contribution in [3.05, 3.63) is 28.8 Å². The van der Waals surface area contributed by atoms with Crippen molar-refractivity contribution in [2.45, 2.75) is 13.3 Å². The van der Waals surface area contributed by atoms with Crippen molar-refractivity contribution in [1.29, 1.82) is 0 Å². The quantitative estimate of drug-likeness (QED) is 0.829. The van der Waals surface area contributed by atoms with Gasteiger partial charge in [0, 0.05) is 5.75 Å². The highest BCUT2D eigenvalue weighted by Gasteiger charge is 2.09. The minimum Gasteiger partial charge on any atom is -0.491 e. The van der Waals surface area contributed by atoms with Crippen molar-refractivity contribution in [3.8, 4) is 5.75 Å². The molecule has 0 amide bonds. The van der Waals surface area contributed by atoms with E-state index < -0.39 is 9.84 Å². The molecule has 0 aromatic heterocycles. The molecule has 0 atom stereocenters. The standard InChI is InChI=1S/C12H18ClNO3S/c1-2-18(15,16)8-7-17-12-4-3-10(5-6-14)9-11(12)13/h3-4,9H,2,5-8,14H2,1H3. The highest BCUT2D eigenvalue weighted by atomic mass is 35.5. The van der Waals surface area contributed by atoms with Gasteiger partial charge in [0.05, 0.1) is 10.8 Å². The molecule has 0 fully saturated rings. The van der Waals surface area contributed by atoms with Crippen LogP contribution >= 0.6 is 11.6 Å². The minimum atomic E-state index is -3.00. The van der Waals surface area contributed by atoms with Crippen LogP contribution in [-0.2, 0) is 16.3 Å². The predicted octanol–water partition coefficient (Wildman–Crippen LogP) is 1.65. The van der Waals surface area contributed by atoms with Crippen LogP contribution < -0.4 is 10.5 Å². The van der Waals surface area contributed by atoms with Gasteiger partial charge in [0.25, 0.3) is 0 Å². The largest absolute Gasteiger partial charge is 0.491 e. The maximum Gasteiger partial charge on any atom is 0.153 e. The SMILES string of the molecule is CCS(=O)(=O)CCOc1ccc(CCN)cc1Cl. The van der Waals surface area contributed by atoms with Crippen LogP contribution in [0.4, 0.5) is 0 Å². The first kappa shape index (κ1) is 15.3. The summed E-state index contributed by atoms with van der Waals surface area (Å²) in [5, 5.41) is 0.481. The second-order valence-electron chi connectivity index (χ2n) is 3.89. The summed E-state index contributed by atoms with van der Waals surface area (Å²) in [5.74, 6) is 0.632. The Bertz CT molecular complexity index is 488. The Morgan fingerprint density at radius 1 is 1.39 bits per heavy atom. The van der Waals surface area contributed by atoms with E-state index in [0.29, 0.717) is 17.3 Å². The van der Waals surface area contributed by atoms with Crippen molar-refractivity contribution in [2.75, 3.05) is 24.7 Å². The van der Waals surface area contributed by atoms with Gasteiger partial charge in [-0.05, 0) is 30.7 Å². The summed E-state index contributed by atoms with van der Waals surface area (Å²) in [6.07, 6.45) is 0.754. The highest BCUT2D eigenvalue weighted by Crippen LogP contribution is 2.25. The molecule has 0 saturated heterocycles. The molecule has 102 valence electrons. The lowest BCUT2D eigenvalue weighted by molar-refractivity contribution is 0.341. The molecule has 6 heteroatoms. The lowest BCUT2D eigenvalue weighted by Crippen LogP contribution is -2.15. The summed E-state index contributed by atoms with van der Waals surface area (Å²) in [7, 11) is -3.00. The fourth-order valence-corrected chi connectivity index (χ4v) is 2.29. The van der Waals surface area contributed by atoms with E-state index in [1.807, 2.05) is 6.07 Å². The number of halogens is 1. The molecule has 0 aliphatic heterocycles. The molecular formula is C12H18ClNO3S. The van der Waals surface area contributed by atoms with E-state index in [-0.39, 0.29) is 18.1 Å². The topological polar surface area (TPSA) is 69.4 Å². The van der Waals surface area contributed by atoms with Crippen LogP contribution in [0.5, 0.6) is 5.75 Å². The first-order valence-corrected chi connectivity index (χ1v) is 8.00. The molecule has 0 unspecified atom stereocenters. The molecule has 0 aliphatic carbocycles. The van der Waals surface area contributed by atoms with E-state index in [1.54, 1.807) is 19.1 Å². The summed E-state index contributed by atoms with van der Waals surface area (Å²) >= 11 is 6.03. The minimum absolute atomic E-state index is 0.00435. The van der Waals surface area contributed by atoms with Gasteiger partial charge in [-0.1, -0.05) is 24.6 Å². The molecule has 0 heterocycles. The number of benzene rings is 1. The van der Waals surface area contributed by atoms with E-state index in [1.165, 1.54) is 0 Å². The van der Waals surface area contributed by atoms with Crippen molar-refractivity contribution in [1.82, 2.24) is 0 Å². The molecule has 2 N–H and O–H groups in total. The van der Waals surface area contributed by atoms with Gasteiger partial charge in [0.1, 0.15) is 12.4 Å². The maximum atomic E-state index is 11.3. The molecule has 4 nitrogen and oxygen atoms in total. The van der Waals surface area contributed by atoms with Crippen LogP contribution in [0.3, 0.4) is 0 Å². The van der Waals surface area contributed by atoms with Gasteiger partial charge in [-0.15, -0.1) is 0 Å². The smallest absolute Gasteiger partial charge is 0.153 e. The van der Waals surface area contributed by atoms with Crippen LogP contribution in [-0.4, -0.2) is 33.1 Å². The highest BCUT2D eigenvalue weighted by molar-refractivity contribution is 7.91. The third-order valence-corrected chi connectivity index (χ3v) is 4.48. The fourth-order valence-electron chi connectivity index (χ4n) is 1.41. The van der Waals surface area contributed by atoms with Gasteiger partial charge in [-0.2, -0.15) is 0 Å². The van der Waals surface area contributed by atoms with Crippen LogP contribution in [0.2, 0.25) is 5.02 Å². The summed E-state index contributed by atoms with van der Waals surface area (Å²) in [5.41, 5.74) is 6.49. The second-order valence-corrected chi connectivity index (χ2v) is 6.77. The first-order chi connectivity index (χ1) is 8.48. The van der Waals surface area contributed by atoms with Gasteiger partial charge in [0.15, 0.2) is 9.84 Å². The predicted molar refractivity (Wildman–Crippen MR) is 74.0 cm³/mol. The number of hydrogen-bond donors (Lipinski definition) is 1. The van der Waals surface area contributed by atoms with Crippen LogP contribution in [0.15, 0.2) is 18.2 Å². The van der Waals surface area contributed by atoms with Crippen LogP contribution in [0.1, 0.15) is 12.5 Å². The summed E-state index contributed by atoms with van der Waals surface area (Å²) in [4.78, 5) is 0. The normalized spacial score (nSPS) is 11.5. The van der Waals surface area contributed by atoms with E-state index in [0.717, 1.165) is 12.0 Å². The number of hydrogen-bond acceptors (Lipinski definition) is 4. The average molecular weight is 292 g/mol. The van der Waals surface area contributed by atoms with Crippen LogP contribution in [0.25, 0.3) is 0 Å². The Balaban J connectivity index is 2.58.